The Labute approximate surface area is 180 Å². The van der Waals surface area contributed by atoms with E-state index in [0.717, 1.165) is 12.1 Å². The summed E-state index contributed by atoms with van der Waals surface area (Å²) in [4.78, 5) is 12.6. The van der Waals surface area contributed by atoms with Gasteiger partial charge < -0.3 is 10.1 Å². The van der Waals surface area contributed by atoms with E-state index in [4.69, 9.17) is 0 Å². The summed E-state index contributed by atoms with van der Waals surface area (Å²) in [7, 11) is -3.95. The highest BCUT2D eigenvalue weighted by molar-refractivity contribution is 7.89. The lowest BCUT2D eigenvalue weighted by Crippen LogP contribution is -2.43. The number of nitrogens with zero attached hydrogens (tertiary/aromatic N) is 3. The summed E-state index contributed by atoms with van der Waals surface area (Å²) in [6.07, 6.45) is -3.89. The predicted molar refractivity (Wildman–Crippen MR) is 105 cm³/mol. The summed E-state index contributed by atoms with van der Waals surface area (Å²) in [5.74, 6) is -1.49. The number of benzene rings is 2. The molecule has 0 unspecified atom stereocenters. The molecule has 1 aliphatic heterocycles. The van der Waals surface area contributed by atoms with Gasteiger partial charge in [0.1, 0.15) is 16.2 Å². The summed E-state index contributed by atoms with van der Waals surface area (Å²) < 4.78 is 72.7. The van der Waals surface area contributed by atoms with Crippen molar-refractivity contribution >= 4 is 32.7 Å². The average Bonchev–Trinajstić information content (AvgIpc) is 3.23. The summed E-state index contributed by atoms with van der Waals surface area (Å²) in [5.41, 5.74) is 0.679. The average molecular weight is 470 g/mol. The largest absolute Gasteiger partial charge is 0.573 e. The van der Waals surface area contributed by atoms with Gasteiger partial charge in [-0.3, -0.25) is 4.79 Å². The topological polar surface area (TPSA) is 115 Å². The zero-order valence-electron chi connectivity index (χ0n) is 16.4. The Balaban J connectivity index is 1.45. The Morgan fingerprint density at radius 1 is 1.16 bits per heavy atom. The fraction of sp³-hybridized carbons (Fsp3) is 0.316. The van der Waals surface area contributed by atoms with Crippen molar-refractivity contribution in [2.75, 3.05) is 18.4 Å². The van der Waals surface area contributed by atoms with Gasteiger partial charge >= 0.3 is 6.36 Å². The Kier molecular flexibility index (Phi) is 5.77. The first kappa shape index (κ1) is 22.0. The number of halogens is 3. The molecule has 9 nitrogen and oxygen atoms in total. The van der Waals surface area contributed by atoms with Crippen molar-refractivity contribution in [1.29, 1.82) is 0 Å². The monoisotopic (exact) mass is 470 g/mol. The molecular formula is C19H17F3N4O5S. The van der Waals surface area contributed by atoms with E-state index in [2.05, 4.69) is 25.0 Å². The number of rotatable bonds is 5. The first-order valence-corrected chi connectivity index (χ1v) is 11.0. The molecule has 1 amide bonds. The van der Waals surface area contributed by atoms with E-state index in [1.54, 1.807) is 6.07 Å². The van der Waals surface area contributed by atoms with Crippen LogP contribution in [-0.4, -0.2) is 48.4 Å². The second kappa shape index (κ2) is 8.39. The van der Waals surface area contributed by atoms with E-state index >= 15 is 0 Å². The highest BCUT2D eigenvalue weighted by Crippen LogP contribution is 2.29. The molecule has 2 heterocycles. The molecule has 1 saturated heterocycles. The third-order valence-corrected chi connectivity index (χ3v) is 6.87. The number of alkyl halides is 3. The van der Waals surface area contributed by atoms with E-state index in [1.807, 2.05) is 0 Å². The molecule has 1 aliphatic rings. The minimum Gasteiger partial charge on any atom is -0.406 e. The molecule has 4 rings (SSSR count). The number of amides is 1. The van der Waals surface area contributed by atoms with Crippen molar-refractivity contribution in [2.24, 2.45) is 5.92 Å². The fourth-order valence-corrected chi connectivity index (χ4v) is 5.15. The van der Waals surface area contributed by atoms with Gasteiger partial charge in [0.05, 0.1) is 5.92 Å². The molecule has 0 spiro atoms. The molecule has 2 aromatic carbocycles. The third kappa shape index (κ3) is 4.67. The lowest BCUT2D eigenvalue weighted by Gasteiger charge is -2.31. The molecule has 13 heteroatoms. The van der Waals surface area contributed by atoms with E-state index in [0.29, 0.717) is 18.4 Å². The Bertz CT molecular complexity index is 1230. The number of piperidine rings is 1. The number of fused-ring (bicyclic) bond motifs is 1. The molecule has 1 aromatic heterocycles. The fourth-order valence-electron chi connectivity index (χ4n) is 3.49. The van der Waals surface area contributed by atoms with Crippen molar-refractivity contribution in [3.05, 3.63) is 42.5 Å². The summed E-state index contributed by atoms with van der Waals surface area (Å²) in [6.45, 7) is 0.183. The van der Waals surface area contributed by atoms with Crippen LogP contribution in [0.25, 0.3) is 11.0 Å². The van der Waals surface area contributed by atoms with E-state index in [-0.39, 0.29) is 29.2 Å². The molecule has 0 saturated carbocycles. The zero-order valence-corrected chi connectivity index (χ0v) is 17.2. The molecule has 0 bridgehead atoms. The van der Waals surface area contributed by atoms with E-state index in [1.165, 1.54) is 28.6 Å². The number of aromatic nitrogens is 2. The van der Waals surface area contributed by atoms with Crippen molar-refractivity contribution < 1.29 is 35.7 Å². The van der Waals surface area contributed by atoms with Gasteiger partial charge in [-0.2, -0.15) is 4.31 Å². The number of carbonyl (C=O) groups excluding carboxylic acids is 1. The Morgan fingerprint density at radius 3 is 2.62 bits per heavy atom. The number of nitrogens with one attached hydrogen (secondary N) is 1. The van der Waals surface area contributed by atoms with Gasteiger partial charge in [0.2, 0.25) is 15.9 Å². The van der Waals surface area contributed by atoms with Crippen LogP contribution in [0.15, 0.2) is 52.0 Å². The molecule has 1 fully saturated rings. The second-order valence-electron chi connectivity index (χ2n) is 7.15. The van der Waals surface area contributed by atoms with Gasteiger partial charge in [-0.05, 0) is 59.6 Å². The van der Waals surface area contributed by atoms with Crippen LogP contribution in [0.4, 0.5) is 18.9 Å². The van der Waals surface area contributed by atoms with Crippen LogP contribution in [0.2, 0.25) is 0 Å². The molecule has 3 aromatic rings. The summed E-state index contributed by atoms with van der Waals surface area (Å²) in [6, 6.07) is 9.20. The van der Waals surface area contributed by atoms with Crippen molar-refractivity contribution in [1.82, 2.24) is 14.6 Å². The van der Waals surface area contributed by atoms with E-state index < -0.39 is 34.0 Å². The SMILES string of the molecule is O=C(Nc1ccc(OC(F)(F)F)cc1)[C@H]1CCCN(S(=O)(=O)c2cccc3nonc23)C1. The van der Waals surface area contributed by atoms with Gasteiger partial charge in [-0.15, -0.1) is 13.2 Å². The molecular weight excluding hydrogens is 453 g/mol. The van der Waals surface area contributed by atoms with Gasteiger partial charge in [0.15, 0.2) is 5.52 Å². The summed E-state index contributed by atoms with van der Waals surface area (Å²) in [5, 5.41) is 9.92. The number of carbonyl (C=O) groups is 1. The first-order chi connectivity index (χ1) is 15.1. The van der Waals surface area contributed by atoms with Crippen LogP contribution in [0.3, 0.4) is 0 Å². The molecule has 170 valence electrons. The quantitative estimate of drug-likeness (QED) is 0.609. The third-order valence-electron chi connectivity index (χ3n) is 4.98. The molecule has 1 N–H and O–H groups in total. The second-order valence-corrected chi connectivity index (χ2v) is 9.06. The van der Waals surface area contributed by atoms with Crippen LogP contribution in [-0.2, 0) is 14.8 Å². The maximum atomic E-state index is 13.2. The number of hydrogen-bond acceptors (Lipinski definition) is 7. The first-order valence-electron chi connectivity index (χ1n) is 9.51. The van der Waals surface area contributed by atoms with Crippen molar-refractivity contribution in [2.45, 2.75) is 24.1 Å². The molecule has 32 heavy (non-hydrogen) atoms. The highest BCUT2D eigenvalue weighted by atomic mass is 32.2. The molecule has 0 radical (unpaired) electrons. The van der Waals surface area contributed by atoms with Crippen LogP contribution < -0.4 is 10.1 Å². The normalized spacial score (nSPS) is 17.9. The Morgan fingerprint density at radius 2 is 1.91 bits per heavy atom. The number of anilines is 1. The predicted octanol–water partition coefficient (Wildman–Crippen LogP) is 3.16. The smallest absolute Gasteiger partial charge is 0.406 e. The number of sulfonamides is 1. The minimum absolute atomic E-state index is 0.0505. The lowest BCUT2D eigenvalue weighted by molar-refractivity contribution is -0.274. The van der Waals surface area contributed by atoms with Crippen LogP contribution in [0, 0.1) is 5.92 Å². The molecule has 0 aliphatic carbocycles. The van der Waals surface area contributed by atoms with Gasteiger partial charge in [-0.25, -0.2) is 13.0 Å². The van der Waals surface area contributed by atoms with Gasteiger partial charge in [-0.1, -0.05) is 6.07 Å². The molecule has 1 atom stereocenters. The van der Waals surface area contributed by atoms with Crippen LogP contribution in [0.5, 0.6) is 5.75 Å². The van der Waals surface area contributed by atoms with E-state index in [9.17, 15) is 26.4 Å². The highest BCUT2D eigenvalue weighted by Gasteiger charge is 2.35. The maximum absolute atomic E-state index is 13.2. The van der Waals surface area contributed by atoms with Gasteiger partial charge in [0.25, 0.3) is 0 Å². The Hall–Kier alpha value is -3.19. The number of hydrogen-bond donors (Lipinski definition) is 1. The zero-order chi connectivity index (χ0) is 22.9. The maximum Gasteiger partial charge on any atom is 0.573 e. The summed E-state index contributed by atoms with van der Waals surface area (Å²) >= 11 is 0. The standard InChI is InChI=1S/C19H17F3N4O5S/c20-19(21,22)30-14-8-6-13(7-9-14)23-18(27)12-3-2-10-26(11-12)32(28,29)16-5-1-4-15-17(16)25-31-24-15/h1,4-9,12H,2-3,10-11H2,(H,23,27)/t12-/m0/s1. The number of ether oxygens (including phenoxy) is 1. The van der Waals surface area contributed by atoms with Crippen LogP contribution >= 0.6 is 0 Å². The van der Waals surface area contributed by atoms with Crippen molar-refractivity contribution in [3.8, 4) is 5.75 Å². The van der Waals surface area contributed by atoms with Crippen LogP contribution in [0.1, 0.15) is 12.8 Å². The lowest BCUT2D eigenvalue weighted by atomic mass is 9.99. The van der Waals surface area contributed by atoms with Crippen molar-refractivity contribution in [3.63, 3.8) is 0 Å². The minimum atomic E-state index is -4.81. The van der Waals surface area contributed by atoms with Gasteiger partial charge in [0, 0.05) is 18.8 Å².